The standard InChI is InChI=1S/C10H16ClNO2/c1-7(13)12-6-8-2-4-9(5-3-8)10(11)14/h8-9H,2-6H2,1H3,(H,12,13). The van der Waals surface area contributed by atoms with Crippen LogP contribution in [0, 0.1) is 11.8 Å². The molecule has 0 saturated heterocycles. The van der Waals surface area contributed by atoms with Gasteiger partial charge in [0.15, 0.2) is 0 Å². The smallest absolute Gasteiger partial charge is 0.224 e. The lowest BCUT2D eigenvalue weighted by Crippen LogP contribution is -2.30. The maximum atomic E-state index is 10.9. The third-order valence-corrected chi connectivity index (χ3v) is 3.12. The highest BCUT2D eigenvalue weighted by Crippen LogP contribution is 2.29. The summed E-state index contributed by atoms with van der Waals surface area (Å²) >= 11 is 5.42. The molecule has 14 heavy (non-hydrogen) atoms. The molecule has 0 aromatic heterocycles. The zero-order valence-corrected chi connectivity index (χ0v) is 9.14. The van der Waals surface area contributed by atoms with Crippen molar-refractivity contribution in [2.24, 2.45) is 11.8 Å². The first-order valence-electron chi connectivity index (χ1n) is 5.03. The summed E-state index contributed by atoms with van der Waals surface area (Å²) in [4.78, 5) is 21.5. The highest BCUT2D eigenvalue weighted by atomic mass is 35.5. The van der Waals surface area contributed by atoms with Crippen molar-refractivity contribution in [2.45, 2.75) is 32.6 Å². The molecular formula is C10H16ClNO2. The van der Waals surface area contributed by atoms with Crippen LogP contribution in [-0.2, 0) is 9.59 Å². The van der Waals surface area contributed by atoms with Gasteiger partial charge in [0.2, 0.25) is 11.1 Å². The van der Waals surface area contributed by atoms with E-state index in [1.807, 2.05) is 0 Å². The van der Waals surface area contributed by atoms with Gasteiger partial charge in [-0.3, -0.25) is 9.59 Å². The molecule has 3 nitrogen and oxygen atoms in total. The number of halogens is 1. The third kappa shape index (κ3) is 3.66. The molecule has 1 N–H and O–H groups in total. The molecule has 0 bridgehead atoms. The van der Waals surface area contributed by atoms with Gasteiger partial charge in [0.05, 0.1) is 0 Å². The Bertz CT molecular complexity index is 222. The fourth-order valence-corrected chi connectivity index (χ4v) is 2.10. The zero-order chi connectivity index (χ0) is 10.6. The summed E-state index contributed by atoms with van der Waals surface area (Å²) in [5, 5.41) is 2.60. The first-order valence-corrected chi connectivity index (χ1v) is 5.41. The number of carbonyl (C=O) groups excluding carboxylic acids is 2. The van der Waals surface area contributed by atoms with Gasteiger partial charge in [0.1, 0.15) is 0 Å². The van der Waals surface area contributed by atoms with Gasteiger partial charge in [-0.05, 0) is 43.2 Å². The molecule has 1 rings (SSSR count). The summed E-state index contributed by atoms with van der Waals surface area (Å²) in [6, 6.07) is 0. The molecule has 4 heteroatoms. The van der Waals surface area contributed by atoms with Crippen molar-refractivity contribution in [1.29, 1.82) is 0 Å². The second-order valence-electron chi connectivity index (χ2n) is 3.96. The Balaban J connectivity index is 2.22. The van der Waals surface area contributed by atoms with E-state index >= 15 is 0 Å². The molecule has 0 heterocycles. The fraction of sp³-hybridized carbons (Fsp3) is 0.800. The van der Waals surface area contributed by atoms with Crippen molar-refractivity contribution in [1.82, 2.24) is 5.32 Å². The van der Waals surface area contributed by atoms with E-state index in [1.165, 1.54) is 6.92 Å². The van der Waals surface area contributed by atoms with E-state index in [0.29, 0.717) is 5.92 Å². The van der Waals surface area contributed by atoms with E-state index in [-0.39, 0.29) is 17.1 Å². The quantitative estimate of drug-likeness (QED) is 0.732. The normalized spacial score (nSPS) is 27.0. The lowest BCUT2D eigenvalue weighted by atomic mass is 9.82. The molecule has 1 aliphatic rings. The summed E-state index contributed by atoms with van der Waals surface area (Å²) in [6.07, 6.45) is 3.71. The average Bonchev–Trinajstić information content (AvgIpc) is 2.15. The molecule has 1 fully saturated rings. The maximum Gasteiger partial charge on any atom is 0.224 e. The van der Waals surface area contributed by atoms with Gasteiger partial charge in [0.25, 0.3) is 0 Å². The highest BCUT2D eigenvalue weighted by Gasteiger charge is 2.24. The molecular weight excluding hydrogens is 202 g/mol. The topological polar surface area (TPSA) is 46.2 Å². The van der Waals surface area contributed by atoms with Crippen LogP contribution in [0.1, 0.15) is 32.6 Å². The van der Waals surface area contributed by atoms with E-state index < -0.39 is 0 Å². The van der Waals surface area contributed by atoms with Crippen molar-refractivity contribution in [3.8, 4) is 0 Å². The molecule has 0 unspecified atom stereocenters. The van der Waals surface area contributed by atoms with Gasteiger partial charge in [-0.1, -0.05) is 0 Å². The predicted octanol–water partition coefficient (Wildman–Crippen LogP) is 1.69. The Kier molecular flexibility index (Phi) is 4.39. The molecule has 1 amide bonds. The molecule has 0 spiro atoms. The maximum absolute atomic E-state index is 10.9. The Labute approximate surface area is 89.2 Å². The second-order valence-corrected chi connectivity index (χ2v) is 4.33. The SMILES string of the molecule is CC(=O)NCC1CCC(C(=O)Cl)CC1. The van der Waals surface area contributed by atoms with E-state index in [0.717, 1.165) is 32.2 Å². The monoisotopic (exact) mass is 217 g/mol. The highest BCUT2D eigenvalue weighted by molar-refractivity contribution is 6.63. The van der Waals surface area contributed by atoms with E-state index in [2.05, 4.69) is 5.32 Å². The second kappa shape index (κ2) is 5.35. The van der Waals surface area contributed by atoms with Crippen LogP contribution < -0.4 is 5.32 Å². The van der Waals surface area contributed by atoms with Gasteiger partial charge in [-0.25, -0.2) is 0 Å². The van der Waals surface area contributed by atoms with Crippen LogP contribution in [-0.4, -0.2) is 17.7 Å². The Morgan fingerprint density at radius 2 is 1.86 bits per heavy atom. The Morgan fingerprint density at radius 3 is 2.29 bits per heavy atom. The largest absolute Gasteiger partial charge is 0.356 e. The third-order valence-electron chi connectivity index (χ3n) is 2.81. The number of carbonyl (C=O) groups is 2. The van der Waals surface area contributed by atoms with E-state index in [1.54, 1.807) is 0 Å². The summed E-state index contributed by atoms with van der Waals surface area (Å²) in [6.45, 7) is 2.26. The molecule has 0 atom stereocenters. The van der Waals surface area contributed by atoms with Crippen LogP contribution in [0.5, 0.6) is 0 Å². The van der Waals surface area contributed by atoms with Crippen molar-refractivity contribution < 1.29 is 9.59 Å². The average molecular weight is 218 g/mol. The van der Waals surface area contributed by atoms with Gasteiger partial charge in [-0.2, -0.15) is 0 Å². The molecule has 0 aromatic rings. The Morgan fingerprint density at radius 1 is 1.29 bits per heavy atom. The minimum absolute atomic E-state index is 0.0144. The zero-order valence-electron chi connectivity index (χ0n) is 8.38. The first kappa shape index (κ1) is 11.5. The number of hydrogen-bond acceptors (Lipinski definition) is 2. The number of nitrogens with one attached hydrogen (secondary N) is 1. The van der Waals surface area contributed by atoms with Gasteiger partial charge in [0, 0.05) is 19.4 Å². The Hall–Kier alpha value is -0.570. The van der Waals surface area contributed by atoms with Crippen LogP contribution in [0.15, 0.2) is 0 Å². The molecule has 0 radical (unpaired) electrons. The minimum Gasteiger partial charge on any atom is -0.356 e. The predicted molar refractivity (Wildman–Crippen MR) is 55.0 cm³/mol. The summed E-state index contributed by atoms with van der Waals surface area (Å²) in [7, 11) is 0. The lowest BCUT2D eigenvalue weighted by molar-refractivity contribution is -0.119. The molecule has 0 aliphatic heterocycles. The van der Waals surface area contributed by atoms with Crippen LogP contribution in [0.4, 0.5) is 0 Å². The van der Waals surface area contributed by atoms with Crippen LogP contribution in [0.2, 0.25) is 0 Å². The van der Waals surface area contributed by atoms with Crippen molar-refractivity contribution in [3.05, 3.63) is 0 Å². The molecule has 1 saturated carbocycles. The molecule has 1 aliphatic carbocycles. The van der Waals surface area contributed by atoms with Gasteiger partial charge in [-0.15, -0.1) is 0 Å². The summed E-state index contributed by atoms with van der Waals surface area (Å²) in [5.74, 6) is 0.581. The fourth-order valence-electron chi connectivity index (χ4n) is 1.88. The van der Waals surface area contributed by atoms with Gasteiger partial charge < -0.3 is 5.32 Å². The molecule has 80 valence electrons. The minimum atomic E-state index is -0.206. The van der Waals surface area contributed by atoms with Crippen LogP contribution in [0.3, 0.4) is 0 Å². The van der Waals surface area contributed by atoms with Crippen molar-refractivity contribution in [3.63, 3.8) is 0 Å². The van der Waals surface area contributed by atoms with Crippen LogP contribution in [0.25, 0.3) is 0 Å². The van der Waals surface area contributed by atoms with Gasteiger partial charge >= 0.3 is 0 Å². The first-order chi connectivity index (χ1) is 6.59. The van der Waals surface area contributed by atoms with Crippen LogP contribution >= 0.6 is 11.6 Å². The number of hydrogen-bond donors (Lipinski definition) is 1. The van der Waals surface area contributed by atoms with Crippen molar-refractivity contribution >= 4 is 22.8 Å². The number of rotatable bonds is 3. The lowest BCUT2D eigenvalue weighted by Gasteiger charge is -2.26. The summed E-state index contributed by atoms with van der Waals surface area (Å²) in [5.41, 5.74) is 0. The van der Waals surface area contributed by atoms with Crippen molar-refractivity contribution in [2.75, 3.05) is 6.54 Å². The molecule has 0 aromatic carbocycles. The summed E-state index contributed by atoms with van der Waals surface area (Å²) < 4.78 is 0. The van der Waals surface area contributed by atoms with E-state index in [9.17, 15) is 9.59 Å². The van der Waals surface area contributed by atoms with E-state index in [4.69, 9.17) is 11.6 Å². The number of amides is 1.